The number of rotatable bonds is 7. The van der Waals surface area contributed by atoms with Crippen molar-refractivity contribution in [3.05, 3.63) is 27.8 Å². The summed E-state index contributed by atoms with van der Waals surface area (Å²) in [5.41, 5.74) is -1.84. The van der Waals surface area contributed by atoms with Crippen molar-refractivity contribution < 1.29 is 28.7 Å². The van der Waals surface area contributed by atoms with Crippen molar-refractivity contribution in [3.63, 3.8) is 0 Å². The van der Waals surface area contributed by atoms with Gasteiger partial charge in [0.1, 0.15) is 11.1 Å². The molecule has 0 heterocycles. The molecule has 0 unspecified atom stereocenters. The summed E-state index contributed by atoms with van der Waals surface area (Å²) in [7, 11) is 4.15. The number of carbonyl (C=O) groups excluding carboxylic acids is 2. The molecule has 0 radical (unpaired) electrons. The molecule has 10 nitrogen and oxygen atoms in total. The van der Waals surface area contributed by atoms with E-state index in [1.54, 1.807) is 0 Å². The van der Waals surface area contributed by atoms with Crippen molar-refractivity contribution in [2.24, 2.45) is 0 Å². The van der Waals surface area contributed by atoms with Crippen molar-refractivity contribution in [3.8, 4) is 17.6 Å². The van der Waals surface area contributed by atoms with Gasteiger partial charge in [-0.05, 0) is 19.8 Å². The van der Waals surface area contributed by atoms with E-state index >= 15 is 0 Å². The lowest BCUT2D eigenvalue weighted by molar-refractivity contribution is -0.385. The average molecular weight is 419 g/mol. The molecular weight excluding hydrogens is 394 g/mol. The third-order valence-corrected chi connectivity index (χ3v) is 5.41. The van der Waals surface area contributed by atoms with Gasteiger partial charge in [0.2, 0.25) is 0 Å². The van der Waals surface area contributed by atoms with Gasteiger partial charge in [-0.2, -0.15) is 5.26 Å². The van der Waals surface area contributed by atoms with Gasteiger partial charge in [-0.25, -0.2) is 4.79 Å². The Labute approximate surface area is 174 Å². The van der Waals surface area contributed by atoms with Crippen molar-refractivity contribution in [1.82, 2.24) is 4.90 Å². The van der Waals surface area contributed by atoms with Crippen LogP contribution in [-0.2, 0) is 9.53 Å². The van der Waals surface area contributed by atoms with Gasteiger partial charge in [0.05, 0.1) is 31.3 Å². The number of nitro groups is 1. The van der Waals surface area contributed by atoms with E-state index in [-0.39, 0.29) is 17.1 Å². The van der Waals surface area contributed by atoms with E-state index < -0.39 is 34.1 Å². The number of ether oxygens (including phenoxy) is 3. The Balaban J connectivity index is 2.25. The van der Waals surface area contributed by atoms with Crippen LogP contribution in [-0.4, -0.2) is 54.6 Å². The Hall–Kier alpha value is -3.35. The van der Waals surface area contributed by atoms with E-state index in [0.29, 0.717) is 12.8 Å². The van der Waals surface area contributed by atoms with Gasteiger partial charge in [0.15, 0.2) is 17.6 Å². The number of nitriles is 1. The number of likely N-dealkylation sites (N-methyl/N-ethyl adjacent to an activating group) is 1. The highest BCUT2D eigenvalue weighted by molar-refractivity contribution is 5.96. The summed E-state index contributed by atoms with van der Waals surface area (Å²) in [4.78, 5) is 37.5. The Bertz CT molecular complexity index is 872. The summed E-state index contributed by atoms with van der Waals surface area (Å²) in [6, 6.07) is 4.43. The first-order chi connectivity index (χ1) is 14.2. The van der Waals surface area contributed by atoms with Gasteiger partial charge in [-0.1, -0.05) is 19.3 Å². The number of nitrogens with zero attached hydrogens (tertiary/aromatic N) is 3. The summed E-state index contributed by atoms with van der Waals surface area (Å²) in [6.07, 6.45) is 2.52. The van der Waals surface area contributed by atoms with Crippen LogP contribution in [0.4, 0.5) is 5.69 Å². The fourth-order valence-corrected chi connectivity index (χ4v) is 3.60. The predicted octanol–water partition coefficient (Wildman–Crippen LogP) is 2.84. The highest BCUT2D eigenvalue weighted by atomic mass is 16.6. The normalized spacial score (nSPS) is 16.0. The molecule has 30 heavy (non-hydrogen) atoms. The number of esters is 1. The predicted molar refractivity (Wildman–Crippen MR) is 105 cm³/mol. The quantitative estimate of drug-likeness (QED) is 0.374. The lowest BCUT2D eigenvalue weighted by atomic mass is 9.81. The van der Waals surface area contributed by atoms with Crippen LogP contribution in [0.3, 0.4) is 0 Å². The molecule has 0 spiro atoms. The van der Waals surface area contributed by atoms with E-state index in [1.807, 2.05) is 0 Å². The van der Waals surface area contributed by atoms with Crippen molar-refractivity contribution in [2.75, 3.05) is 21.3 Å². The van der Waals surface area contributed by atoms with Crippen LogP contribution in [0.15, 0.2) is 12.1 Å². The van der Waals surface area contributed by atoms with Gasteiger partial charge in [0.25, 0.3) is 11.6 Å². The molecule has 0 aromatic heterocycles. The maximum Gasteiger partial charge on any atom is 0.346 e. The summed E-state index contributed by atoms with van der Waals surface area (Å²) in [5, 5.41) is 21.1. The summed E-state index contributed by atoms with van der Waals surface area (Å²) in [5.74, 6) is -1.41. The molecule has 1 aromatic rings. The second-order valence-corrected chi connectivity index (χ2v) is 7.13. The molecule has 1 fully saturated rings. The smallest absolute Gasteiger partial charge is 0.346 e. The van der Waals surface area contributed by atoms with Crippen LogP contribution in [0.5, 0.6) is 11.5 Å². The zero-order chi connectivity index (χ0) is 22.5. The van der Waals surface area contributed by atoms with Crippen LogP contribution < -0.4 is 9.47 Å². The maximum absolute atomic E-state index is 12.8. The van der Waals surface area contributed by atoms with Crippen molar-refractivity contribution >= 4 is 17.6 Å². The third-order valence-electron chi connectivity index (χ3n) is 5.41. The fraction of sp³-hybridized carbons (Fsp3) is 0.550. The number of carbonyl (C=O) groups is 2. The van der Waals surface area contributed by atoms with Crippen LogP contribution >= 0.6 is 0 Å². The Morgan fingerprint density at radius 3 is 2.27 bits per heavy atom. The minimum Gasteiger partial charge on any atom is -0.493 e. The molecule has 0 aliphatic heterocycles. The Morgan fingerprint density at radius 2 is 1.77 bits per heavy atom. The molecule has 10 heteroatoms. The van der Waals surface area contributed by atoms with Gasteiger partial charge < -0.3 is 19.1 Å². The molecule has 1 atom stereocenters. The topological polar surface area (TPSA) is 132 Å². The van der Waals surface area contributed by atoms with E-state index in [9.17, 15) is 25.0 Å². The molecule has 2 rings (SSSR count). The first-order valence-corrected chi connectivity index (χ1v) is 9.51. The lowest BCUT2D eigenvalue weighted by Gasteiger charge is -2.39. The highest BCUT2D eigenvalue weighted by Gasteiger charge is 2.41. The molecular formula is C20H25N3O7. The molecule has 1 aromatic carbocycles. The van der Waals surface area contributed by atoms with E-state index in [2.05, 4.69) is 6.07 Å². The second kappa shape index (κ2) is 9.43. The van der Waals surface area contributed by atoms with Crippen LogP contribution in [0.25, 0.3) is 0 Å². The first-order valence-electron chi connectivity index (χ1n) is 9.51. The van der Waals surface area contributed by atoms with Crippen molar-refractivity contribution in [2.45, 2.75) is 50.7 Å². The molecule has 0 saturated heterocycles. The maximum atomic E-state index is 12.8. The largest absolute Gasteiger partial charge is 0.493 e. The molecule has 0 bridgehead atoms. The Morgan fingerprint density at radius 1 is 1.20 bits per heavy atom. The molecule has 1 aliphatic rings. The number of hydrogen-bond acceptors (Lipinski definition) is 8. The minimum absolute atomic E-state index is 0.0814. The molecule has 1 aliphatic carbocycles. The highest BCUT2D eigenvalue weighted by Crippen LogP contribution is 2.36. The van der Waals surface area contributed by atoms with Crippen LogP contribution in [0, 0.1) is 21.4 Å². The van der Waals surface area contributed by atoms with Crippen LogP contribution in [0.2, 0.25) is 0 Å². The van der Waals surface area contributed by atoms with E-state index in [0.717, 1.165) is 31.4 Å². The minimum atomic E-state index is -1.23. The second-order valence-electron chi connectivity index (χ2n) is 7.13. The zero-order valence-electron chi connectivity index (χ0n) is 17.5. The average Bonchev–Trinajstić information content (AvgIpc) is 2.77. The summed E-state index contributed by atoms with van der Waals surface area (Å²) in [6.45, 7) is 1.37. The summed E-state index contributed by atoms with van der Waals surface area (Å²) >= 11 is 0. The fourth-order valence-electron chi connectivity index (χ4n) is 3.60. The lowest BCUT2D eigenvalue weighted by Crippen LogP contribution is -2.53. The molecule has 0 N–H and O–H groups in total. The molecule has 1 saturated carbocycles. The van der Waals surface area contributed by atoms with Crippen LogP contribution in [0.1, 0.15) is 49.4 Å². The number of amides is 1. The number of benzene rings is 1. The standard InChI is InChI=1S/C20H25N3O7/c1-13(18(24)22(2)20(12-21)8-6-5-7-9-20)30-19(25)14-10-16(28-3)17(29-4)11-15(14)23(26)27/h10-11,13H,5-9H2,1-4H3/t13-/m1/s1. The monoisotopic (exact) mass is 419 g/mol. The zero-order valence-corrected chi connectivity index (χ0v) is 17.5. The summed E-state index contributed by atoms with van der Waals surface area (Å²) < 4.78 is 15.3. The van der Waals surface area contributed by atoms with Crippen molar-refractivity contribution in [1.29, 1.82) is 5.26 Å². The number of methoxy groups -OCH3 is 2. The SMILES string of the molecule is COc1cc(C(=O)O[C@H](C)C(=O)N(C)C2(C#N)CCCCC2)c([N+](=O)[O-])cc1OC. The molecule has 1 amide bonds. The number of nitro benzene ring substituents is 1. The van der Waals surface area contributed by atoms with Gasteiger partial charge in [-0.15, -0.1) is 0 Å². The first kappa shape index (κ1) is 22.9. The van der Waals surface area contributed by atoms with Gasteiger partial charge in [-0.3, -0.25) is 14.9 Å². The van der Waals surface area contributed by atoms with E-state index in [4.69, 9.17) is 14.2 Å². The van der Waals surface area contributed by atoms with E-state index in [1.165, 1.54) is 33.1 Å². The third kappa shape index (κ3) is 4.45. The Kier molecular flexibility index (Phi) is 7.21. The molecule has 162 valence electrons. The van der Waals surface area contributed by atoms with Gasteiger partial charge in [0, 0.05) is 13.1 Å². The van der Waals surface area contributed by atoms with Gasteiger partial charge >= 0.3 is 5.97 Å². The number of hydrogen-bond donors (Lipinski definition) is 0.